The molecule has 0 spiro atoms. The lowest BCUT2D eigenvalue weighted by Gasteiger charge is -2.36. The van der Waals surface area contributed by atoms with Gasteiger partial charge in [0.15, 0.2) is 8.32 Å². The summed E-state index contributed by atoms with van der Waals surface area (Å²) in [7, 11) is -1.66. The number of hydrogen-bond acceptors (Lipinski definition) is 2. The van der Waals surface area contributed by atoms with Crippen LogP contribution >= 0.6 is 0 Å². The van der Waals surface area contributed by atoms with Crippen LogP contribution in [0.1, 0.15) is 38.3 Å². The van der Waals surface area contributed by atoms with Gasteiger partial charge in [0, 0.05) is 12.2 Å². The van der Waals surface area contributed by atoms with Crippen LogP contribution in [0.15, 0.2) is 18.2 Å². The van der Waals surface area contributed by atoms with E-state index in [9.17, 15) is 0 Å². The summed E-state index contributed by atoms with van der Waals surface area (Å²) >= 11 is 0. The largest absolute Gasteiger partial charge is 0.412 e. The first-order valence-electron chi connectivity index (χ1n) is 7.30. The molecule has 0 atom stereocenters. The van der Waals surface area contributed by atoms with Gasteiger partial charge < -0.3 is 9.74 Å². The Labute approximate surface area is 118 Å². The molecule has 0 amide bonds. The molecule has 3 heteroatoms. The molecule has 0 aromatic heterocycles. The first-order valence-corrected chi connectivity index (χ1v) is 10.2. The summed E-state index contributed by atoms with van der Waals surface area (Å²) in [6, 6.07) is 6.60. The molecule has 106 valence electrons. The highest BCUT2D eigenvalue weighted by molar-refractivity contribution is 6.74. The van der Waals surface area contributed by atoms with Crippen molar-refractivity contribution in [2.24, 2.45) is 0 Å². The number of hydrogen-bond donors (Lipinski definition) is 1. The molecule has 1 aromatic carbocycles. The molecule has 19 heavy (non-hydrogen) atoms. The molecule has 1 aromatic rings. The second-order valence-electron chi connectivity index (χ2n) is 7.03. The monoisotopic (exact) mass is 277 g/mol. The van der Waals surface area contributed by atoms with Crippen LogP contribution in [-0.2, 0) is 17.5 Å². The van der Waals surface area contributed by atoms with E-state index >= 15 is 0 Å². The van der Waals surface area contributed by atoms with Crippen LogP contribution in [0.5, 0.6) is 0 Å². The lowest BCUT2D eigenvalue weighted by molar-refractivity contribution is 0.276. The molecule has 0 aliphatic carbocycles. The zero-order chi connectivity index (χ0) is 14.1. The van der Waals surface area contributed by atoms with Crippen molar-refractivity contribution in [1.82, 2.24) is 0 Å². The van der Waals surface area contributed by atoms with Crippen molar-refractivity contribution in [3.05, 3.63) is 29.3 Å². The number of benzene rings is 1. The predicted octanol–water partition coefficient (Wildman–Crippen LogP) is 4.57. The molecule has 0 radical (unpaired) electrons. The Kier molecular flexibility index (Phi) is 4.07. The van der Waals surface area contributed by atoms with Gasteiger partial charge in [0.25, 0.3) is 0 Å². The molecule has 0 unspecified atom stereocenters. The van der Waals surface area contributed by atoms with Crippen LogP contribution in [0.3, 0.4) is 0 Å². The average Bonchev–Trinajstić information content (AvgIpc) is 2.35. The Balaban J connectivity index is 2.12. The minimum absolute atomic E-state index is 0.273. The lowest BCUT2D eigenvalue weighted by Crippen LogP contribution is -2.40. The number of para-hydroxylation sites is 1. The maximum absolute atomic E-state index is 6.34. The predicted molar refractivity (Wildman–Crippen MR) is 85.2 cm³/mol. The summed E-state index contributed by atoms with van der Waals surface area (Å²) in [6.07, 6.45) is 2.43. The standard InChI is InChI=1S/C16H27NOSi/c1-16(2,3)19(4,5)18-12-14-9-6-8-13-10-7-11-17-15(13)14/h6,8-9,17H,7,10-12H2,1-5H3. The van der Waals surface area contributed by atoms with E-state index < -0.39 is 8.32 Å². The fourth-order valence-electron chi connectivity index (χ4n) is 2.18. The summed E-state index contributed by atoms with van der Waals surface area (Å²) in [5.41, 5.74) is 4.09. The van der Waals surface area contributed by atoms with Crippen LogP contribution in [-0.4, -0.2) is 14.9 Å². The number of rotatable bonds is 3. The van der Waals surface area contributed by atoms with Gasteiger partial charge in [-0.15, -0.1) is 0 Å². The third kappa shape index (κ3) is 3.21. The molecular weight excluding hydrogens is 250 g/mol. The number of anilines is 1. The maximum Gasteiger partial charge on any atom is 0.192 e. The van der Waals surface area contributed by atoms with E-state index in [0.717, 1.165) is 13.2 Å². The van der Waals surface area contributed by atoms with E-state index in [1.807, 2.05) is 0 Å². The second-order valence-corrected chi connectivity index (χ2v) is 11.8. The molecule has 1 aliphatic rings. The van der Waals surface area contributed by atoms with Crippen LogP contribution in [0.25, 0.3) is 0 Å². The van der Waals surface area contributed by atoms with Gasteiger partial charge in [0.2, 0.25) is 0 Å². The van der Waals surface area contributed by atoms with Gasteiger partial charge >= 0.3 is 0 Å². The third-order valence-corrected chi connectivity index (χ3v) is 9.03. The topological polar surface area (TPSA) is 21.3 Å². The Bertz CT molecular complexity index is 449. The highest BCUT2D eigenvalue weighted by atomic mass is 28.4. The van der Waals surface area contributed by atoms with Crippen LogP contribution in [0.4, 0.5) is 5.69 Å². The fourth-order valence-corrected chi connectivity index (χ4v) is 3.13. The van der Waals surface area contributed by atoms with E-state index in [1.54, 1.807) is 0 Å². The molecule has 0 bridgehead atoms. The smallest absolute Gasteiger partial charge is 0.192 e. The summed E-state index contributed by atoms with van der Waals surface area (Å²) in [5, 5.41) is 3.81. The number of fused-ring (bicyclic) bond motifs is 1. The summed E-state index contributed by atoms with van der Waals surface area (Å²) in [5.74, 6) is 0. The van der Waals surface area contributed by atoms with Gasteiger partial charge in [-0.05, 0) is 42.1 Å². The Morgan fingerprint density at radius 3 is 2.68 bits per heavy atom. The Hall–Kier alpha value is -0.803. The fraction of sp³-hybridized carbons (Fsp3) is 0.625. The Morgan fingerprint density at radius 1 is 1.26 bits per heavy atom. The highest BCUT2D eigenvalue weighted by Crippen LogP contribution is 2.37. The van der Waals surface area contributed by atoms with Gasteiger partial charge in [-0.1, -0.05) is 39.0 Å². The zero-order valence-electron chi connectivity index (χ0n) is 13.0. The van der Waals surface area contributed by atoms with Gasteiger partial charge in [0.05, 0.1) is 6.61 Å². The van der Waals surface area contributed by atoms with Crippen LogP contribution in [0, 0.1) is 0 Å². The second kappa shape index (κ2) is 5.29. The van der Waals surface area contributed by atoms with Crippen molar-refractivity contribution in [3.63, 3.8) is 0 Å². The summed E-state index contributed by atoms with van der Waals surface area (Å²) in [6.45, 7) is 13.3. The SMILES string of the molecule is CC(C)(C)[Si](C)(C)OCc1cccc2c1NCCC2. The van der Waals surface area contributed by atoms with E-state index in [1.165, 1.54) is 29.7 Å². The molecule has 0 saturated carbocycles. The number of aryl methyl sites for hydroxylation is 1. The van der Waals surface area contributed by atoms with Gasteiger partial charge in [-0.25, -0.2) is 0 Å². The first kappa shape index (κ1) is 14.6. The first-order chi connectivity index (χ1) is 8.81. The molecule has 1 heterocycles. The molecule has 2 rings (SSSR count). The van der Waals surface area contributed by atoms with E-state index in [0.29, 0.717) is 0 Å². The van der Waals surface area contributed by atoms with E-state index in [4.69, 9.17) is 4.43 Å². The van der Waals surface area contributed by atoms with Gasteiger partial charge in [0.1, 0.15) is 0 Å². The van der Waals surface area contributed by atoms with E-state index in [-0.39, 0.29) is 5.04 Å². The average molecular weight is 277 g/mol. The minimum atomic E-state index is -1.66. The zero-order valence-corrected chi connectivity index (χ0v) is 14.0. The van der Waals surface area contributed by atoms with Crippen molar-refractivity contribution in [2.75, 3.05) is 11.9 Å². The maximum atomic E-state index is 6.34. The van der Waals surface area contributed by atoms with Gasteiger partial charge in [-0.3, -0.25) is 0 Å². The molecular formula is C16H27NOSi. The molecule has 0 saturated heterocycles. The lowest BCUT2D eigenvalue weighted by atomic mass is 10.00. The Morgan fingerprint density at radius 2 is 2.00 bits per heavy atom. The van der Waals surface area contributed by atoms with Crippen LogP contribution in [0.2, 0.25) is 18.1 Å². The summed E-state index contributed by atoms with van der Waals surface area (Å²) in [4.78, 5) is 0. The van der Waals surface area contributed by atoms with Crippen LogP contribution < -0.4 is 5.32 Å². The molecule has 1 aliphatic heterocycles. The normalized spacial score (nSPS) is 15.8. The molecule has 2 nitrogen and oxygen atoms in total. The van der Waals surface area contributed by atoms with Crippen molar-refractivity contribution < 1.29 is 4.43 Å². The quantitative estimate of drug-likeness (QED) is 0.817. The van der Waals surface area contributed by atoms with Crippen molar-refractivity contribution in [2.45, 2.75) is 58.4 Å². The summed E-state index contributed by atoms with van der Waals surface area (Å²) < 4.78 is 6.34. The van der Waals surface area contributed by atoms with Crippen molar-refractivity contribution in [3.8, 4) is 0 Å². The third-order valence-electron chi connectivity index (χ3n) is 4.56. The van der Waals surface area contributed by atoms with E-state index in [2.05, 4.69) is 57.4 Å². The minimum Gasteiger partial charge on any atom is -0.412 e. The van der Waals surface area contributed by atoms with Crippen molar-refractivity contribution in [1.29, 1.82) is 0 Å². The highest BCUT2D eigenvalue weighted by Gasteiger charge is 2.37. The van der Waals surface area contributed by atoms with Crippen molar-refractivity contribution >= 4 is 14.0 Å². The number of nitrogens with one attached hydrogen (secondary N) is 1. The molecule has 1 N–H and O–H groups in total. The molecule has 0 fully saturated rings. The van der Waals surface area contributed by atoms with Gasteiger partial charge in [-0.2, -0.15) is 0 Å².